The van der Waals surface area contributed by atoms with Crippen molar-refractivity contribution in [3.8, 4) is 0 Å². The summed E-state index contributed by atoms with van der Waals surface area (Å²) in [5.74, 6) is 1.05. The van der Waals surface area contributed by atoms with Gasteiger partial charge in [0.25, 0.3) is 0 Å². The number of rotatable bonds is 4. The molecule has 2 rings (SSSR count). The summed E-state index contributed by atoms with van der Waals surface area (Å²) in [5.41, 5.74) is 0.947. The Morgan fingerprint density at radius 2 is 2.44 bits per heavy atom. The average Bonchev–Trinajstić information content (AvgIpc) is 2.90. The predicted octanol–water partition coefficient (Wildman–Crippen LogP) is 0.597. The van der Waals surface area contributed by atoms with Crippen LogP contribution in [0.3, 0.4) is 0 Å². The number of benzene rings is 1. The third-order valence-corrected chi connectivity index (χ3v) is 3.73. The SMILES string of the molecule is O=C(NCc1ccc(CO)c(F)c1)C1CSCN1. The van der Waals surface area contributed by atoms with Crippen molar-refractivity contribution in [1.29, 1.82) is 0 Å². The summed E-state index contributed by atoms with van der Waals surface area (Å²) >= 11 is 1.68. The van der Waals surface area contributed by atoms with Gasteiger partial charge in [0.1, 0.15) is 5.82 Å². The number of carbonyl (C=O) groups is 1. The molecule has 1 aromatic carbocycles. The van der Waals surface area contributed by atoms with Crippen LogP contribution in [-0.4, -0.2) is 28.7 Å². The Morgan fingerprint density at radius 3 is 3.06 bits per heavy atom. The highest BCUT2D eigenvalue weighted by Crippen LogP contribution is 2.12. The van der Waals surface area contributed by atoms with Crippen molar-refractivity contribution in [3.63, 3.8) is 0 Å². The van der Waals surface area contributed by atoms with E-state index in [1.165, 1.54) is 12.1 Å². The number of hydrogen-bond acceptors (Lipinski definition) is 4. The predicted molar refractivity (Wildman–Crippen MR) is 68.4 cm³/mol. The fourth-order valence-electron chi connectivity index (χ4n) is 1.70. The summed E-state index contributed by atoms with van der Waals surface area (Å²) in [4.78, 5) is 11.7. The number of amides is 1. The highest BCUT2D eigenvalue weighted by atomic mass is 32.2. The molecule has 18 heavy (non-hydrogen) atoms. The lowest BCUT2D eigenvalue weighted by atomic mass is 10.1. The smallest absolute Gasteiger partial charge is 0.238 e. The van der Waals surface area contributed by atoms with E-state index < -0.39 is 5.82 Å². The molecule has 0 bridgehead atoms. The van der Waals surface area contributed by atoms with Gasteiger partial charge in [0.2, 0.25) is 5.91 Å². The lowest BCUT2D eigenvalue weighted by Crippen LogP contribution is -2.41. The summed E-state index contributed by atoms with van der Waals surface area (Å²) in [7, 11) is 0. The molecule has 1 fully saturated rings. The van der Waals surface area contributed by atoms with Gasteiger partial charge in [-0.1, -0.05) is 12.1 Å². The minimum atomic E-state index is -0.446. The molecule has 3 N–H and O–H groups in total. The lowest BCUT2D eigenvalue weighted by molar-refractivity contribution is -0.122. The van der Waals surface area contributed by atoms with E-state index in [0.717, 1.165) is 11.6 Å². The molecule has 1 aliphatic heterocycles. The van der Waals surface area contributed by atoms with Gasteiger partial charge in [-0.3, -0.25) is 10.1 Å². The van der Waals surface area contributed by atoms with Gasteiger partial charge in [-0.25, -0.2) is 4.39 Å². The second-order valence-electron chi connectivity index (χ2n) is 4.07. The summed E-state index contributed by atoms with van der Waals surface area (Å²) < 4.78 is 13.4. The normalized spacial score (nSPS) is 18.9. The maximum Gasteiger partial charge on any atom is 0.238 e. The van der Waals surface area contributed by atoms with Crippen LogP contribution >= 0.6 is 11.8 Å². The summed E-state index contributed by atoms with van der Waals surface area (Å²) in [5, 5.41) is 14.7. The molecular weight excluding hydrogens is 255 g/mol. The number of aliphatic hydroxyl groups is 1. The van der Waals surface area contributed by atoms with Gasteiger partial charge >= 0.3 is 0 Å². The van der Waals surface area contributed by atoms with Crippen molar-refractivity contribution < 1.29 is 14.3 Å². The zero-order valence-corrected chi connectivity index (χ0v) is 10.6. The molecule has 6 heteroatoms. The Morgan fingerprint density at radius 1 is 1.61 bits per heavy atom. The molecule has 1 unspecified atom stereocenters. The van der Waals surface area contributed by atoms with Gasteiger partial charge < -0.3 is 10.4 Å². The first-order valence-corrected chi connectivity index (χ1v) is 6.83. The van der Waals surface area contributed by atoms with Crippen molar-refractivity contribution >= 4 is 17.7 Å². The topological polar surface area (TPSA) is 61.4 Å². The van der Waals surface area contributed by atoms with Crippen LogP contribution in [0.5, 0.6) is 0 Å². The summed E-state index contributed by atoms with van der Waals surface area (Å²) in [6, 6.07) is 4.41. The molecule has 1 aliphatic rings. The Hall–Kier alpha value is -1.11. The van der Waals surface area contributed by atoms with E-state index in [4.69, 9.17) is 5.11 Å². The van der Waals surface area contributed by atoms with Gasteiger partial charge in [0.05, 0.1) is 12.6 Å². The molecule has 0 radical (unpaired) electrons. The minimum Gasteiger partial charge on any atom is -0.392 e. The number of halogens is 1. The molecule has 0 spiro atoms. The van der Waals surface area contributed by atoms with Crippen LogP contribution in [0.2, 0.25) is 0 Å². The van der Waals surface area contributed by atoms with Gasteiger partial charge in [0, 0.05) is 23.7 Å². The van der Waals surface area contributed by atoms with Crippen molar-refractivity contribution in [2.45, 2.75) is 19.2 Å². The van der Waals surface area contributed by atoms with E-state index >= 15 is 0 Å². The van der Waals surface area contributed by atoms with E-state index in [-0.39, 0.29) is 24.1 Å². The van der Waals surface area contributed by atoms with E-state index in [1.807, 2.05) is 0 Å². The van der Waals surface area contributed by atoms with E-state index in [2.05, 4.69) is 10.6 Å². The van der Waals surface area contributed by atoms with Crippen LogP contribution in [0.1, 0.15) is 11.1 Å². The van der Waals surface area contributed by atoms with Crippen LogP contribution in [0.4, 0.5) is 4.39 Å². The fourth-order valence-corrected chi connectivity index (χ4v) is 2.65. The highest BCUT2D eigenvalue weighted by molar-refractivity contribution is 7.99. The quantitative estimate of drug-likeness (QED) is 0.749. The van der Waals surface area contributed by atoms with E-state index in [0.29, 0.717) is 12.1 Å². The lowest BCUT2D eigenvalue weighted by Gasteiger charge is -2.11. The molecule has 1 amide bonds. The maximum atomic E-state index is 13.4. The number of thioether (sulfide) groups is 1. The molecular formula is C12H15FN2O2S. The first kappa shape index (κ1) is 13.3. The van der Waals surface area contributed by atoms with Gasteiger partial charge in [-0.15, -0.1) is 11.8 Å². The first-order chi connectivity index (χ1) is 8.70. The highest BCUT2D eigenvalue weighted by Gasteiger charge is 2.21. The molecule has 98 valence electrons. The Balaban J connectivity index is 1.89. The average molecular weight is 270 g/mol. The Bertz CT molecular complexity index is 436. The van der Waals surface area contributed by atoms with Crippen LogP contribution in [0, 0.1) is 5.82 Å². The maximum absolute atomic E-state index is 13.4. The van der Waals surface area contributed by atoms with Crippen LogP contribution in [0.25, 0.3) is 0 Å². The van der Waals surface area contributed by atoms with E-state index in [1.54, 1.807) is 17.8 Å². The molecule has 4 nitrogen and oxygen atoms in total. The molecule has 0 aliphatic carbocycles. The standard InChI is InChI=1S/C12H15FN2O2S/c13-10-3-8(1-2-9(10)5-16)4-14-12(17)11-6-18-7-15-11/h1-3,11,15-16H,4-7H2,(H,14,17). The van der Waals surface area contributed by atoms with E-state index in [9.17, 15) is 9.18 Å². The van der Waals surface area contributed by atoms with Crippen molar-refractivity contribution in [2.75, 3.05) is 11.6 Å². The number of hydrogen-bond donors (Lipinski definition) is 3. The van der Waals surface area contributed by atoms with Gasteiger partial charge in [-0.2, -0.15) is 0 Å². The van der Waals surface area contributed by atoms with Gasteiger partial charge in [0.15, 0.2) is 0 Å². The Labute approximate surface area is 109 Å². The molecule has 1 saturated heterocycles. The molecule has 0 aromatic heterocycles. The molecule has 1 aromatic rings. The second-order valence-corrected chi connectivity index (χ2v) is 5.10. The summed E-state index contributed by atoms with van der Waals surface area (Å²) in [6.45, 7) is -0.0218. The molecule has 1 heterocycles. The van der Waals surface area contributed by atoms with Crippen molar-refractivity contribution in [2.24, 2.45) is 0 Å². The number of nitrogens with one attached hydrogen (secondary N) is 2. The van der Waals surface area contributed by atoms with Gasteiger partial charge in [-0.05, 0) is 11.6 Å². The zero-order valence-electron chi connectivity index (χ0n) is 9.78. The van der Waals surface area contributed by atoms with Crippen molar-refractivity contribution in [3.05, 3.63) is 35.1 Å². The number of aliphatic hydroxyl groups excluding tert-OH is 1. The monoisotopic (exact) mass is 270 g/mol. The third-order valence-electron chi connectivity index (χ3n) is 2.79. The van der Waals surface area contributed by atoms with Crippen LogP contribution in [0.15, 0.2) is 18.2 Å². The largest absolute Gasteiger partial charge is 0.392 e. The first-order valence-electron chi connectivity index (χ1n) is 5.67. The zero-order chi connectivity index (χ0) is 13.0. The molecule has 1 atom stereocenters. The molecule has 0 saturated carbocycles. The number of carbonyl (C=O) groups excluding carboxylic acids is 1. The fraction of sp³-hybridized carbons (Fsp3) is 0.417. The summed E-state index contributed by atoms with van der Waals surface area (Å²) in [6.07, 6.45) is 0. The van der Waals surface area contributed by atoms with Crippen LogP contribution in [-0.2, 0) is 17.9 Å². The Kier molecular flexibility index (Phi) is 4.57. The van der Waals surface area contributed by atoms with Crippen molar-refractivity contribution in [1.82, 2.24) is 10.6 Å². The third kappa shape index (κ3) is 3.22. The second kappa shape index (κ2) is 6.17. The minimum absolute atomic E-state index is 0.0633. The van der Waals surface area contributed by atoms with Crippen LogP contribution < -0.4 is 10.6 Å².